The molecule has 1 aliphatic heterocycles. The standard InChI is InChI=1S/C16H16FN3O2/c17-14-7-13(16(21)19-22)8-18-15(14)10-20-6-5-11-3-1-2-4-12(11)9-20/h1-4,7-8,22H,5-6,9-10H2,(H,19,21). The van der Waals surface area contributed by atoms with E-state index in [1.54, 1.807) is 0 Å². The SMILES string of the molecule is O=C(NO)c1cnc(CN2CCc3ccccc3C2)c(F)c1. The molecule has 0 fully saturated rings. The maximum Gasteiger partial charge on any atom is 0.276 e. The summed E-state index contributed by atoms with van der Waals surface area (Å²) in [6, 6.07) is 9.32. The zero-order chi connectivity index (χ0) is 15.5. The number of hydroxylamine groups is 1. The van der Waals surface area contributed by atoms with Gasteiger partial charge >= 0.3 is 0 Å². The molecule has 2 N–H and O–H groups in total. The predicted molar refractivity (Wildman–Crippen MR) is 77.7 cm³/mol. The fourth-order valence-electron chi connectivity index (χ4n) is 2.67. The Labute approximate surface area is 127 Å². The van der Waals surface area contributed by atoms with Crippen molar-refractivity contribution >= 4 is 5.91 Å². The molecule has 0 saturated carbocycles. The van der Waals surface area contributed by atoms with E-state index in [4.69, 9.17) is 5.21 Å². The lowest BCUT2D eigenvalue weighted by atomic mass is 10.00. The third kappa shape index (κ3) is 2.98. The summed E-state index contributed by atoms with van der Waals surface area (Å²) in [6.45, 7) is 1.99. The van der Waals surface area contributed by atoms with Gasteiger partial charge in [-0.25, -0.2) is 9.87 Å². The number of nitrogens with zero attached hydrogens (tertiary/aromatic N) is 2. The number of hydrogen-bond acceptors (Lipinski definition) is 4. The van der Waals surface area contributed by atoms with Crippen molar-refractivity contribution in [1.29, 1.82) is 0 Å². The lowest BCUT2D eigenvalue weighted by molar-refractivity contribution is 0.0705. The van der Waals surface area contributed by atoms with E-state index in [9.17, 15) is 9.18 Å². The molecule has 0 unspecified atom stereocenters. The van der Waals surface area contributed by atoms with Gasteiger partial charge in [-0.15, -0.1) is 0 Å². The van der Waals surface area contributed by atoms with E-state index < -0.39 is 11.7 Å². The third-order valence-corrected chi connectivity index (χ3v) is 3.86. The summed E-state index contributed by atoms with van der Waals surface area (Å²) in [4.78, 5) is 17.4. The minimum atomic E-state index is -0.773. The van der Waals surface area contributed by atoms with E-state index in [0.29, 0.717) is 12.2 Å². The van der Waals surface area contributed by atoms with Gasteiger partial charge in [0, 0.05) is 25.8 Å². The van der Waals surface area contributed by atoms with Crippen LogP contribution in [-0.4, -0.2) is 27.5 Å². The van der Waals surface area contributed by atoms with Gasteiger partial charge in [-0.1, -0.05) is 24.3 Å². The summed E-state index contributed by atoms with van der Waals surface area (Å²) < 4.78 is 14.0. The van der Waals surface area contributed by atoms with Crippen LogP contribution < -0.4 is 5.48 Å². The Morgan fingerprint density at radius 1 is 1.36 bits per heavy atom. The van der Waals surface area contributed by atoms with Gasteiger partial charge < -0.3 is 0 Å². The number of halogens is 1. The van der Waals surface area contributed by atoms with Crippen molar-refractivity contribution in [2.24, 2.45) is 0 Å². The summed E-state index contributed by atoms with van der Waals surface area (Å²) in [7, 11) is 0. The Hall–Kier alpha value is -2.31. The summed E-state index contributed by atoms with van der Waals surface area (Å²) in [5.41, 5.74) is 4.35. The summed E-state index contributed by atoms with van der Waals surface area (Å²) in [6.07, 6.45) is 2.20. The van der Waals surface area contributed by atoms with Crippen molar-refractivity contribution in [2.75, 3.05) is 6.54 Å². The molecule has 114 valence electrons. The molecule has 1 amide bonds. The van der Waals surface area contributed by atoms with Gasteiger partial charge in [0.05, 0.1) is 11.3 Å². The number of amides is 1. The molecule has 0 aliphatic carbocycles. The Bertz CT molecular complexity index is 706. The second-order valence-electron chi connectivity index (χ2n) is 5.32. The Kier molecular flexibility index (Phi) is 4.13. The topological polar surface area (TPSA) is 65.5 Å². The first-order valence-electron chi connectivity index (χ1n) is 7.05. The summed E-state index contributed by atoms with van der Waals surface area (Å²) in [5.74, 6) is -1.31. The van der Waals surface area contributed by atoms with Crippen molar-refractivity contribution in [3.05, 3.63) is 64.7 Å². The van der Waals surface area contributed by atoms with Crippen molar-refractivity contribution in [1.82, 2.24) is 15.4 Å². The molecule has 1 aromatic heterocycles. The number of benzene rings is 1. The van der Waals surface area contributed by atoms with Crippen LogP contribution in [0.3, 0.4) is 0 Å². The molecular formula is C16H16FN3O2. The number of carbonyl (C=O) groups is 1. The Morgan fingerprint density at radius 3 is 2.86 bits per heavy atom. The van der Waals surface area contributed by atoms with Gasteiger partial charge in [-0.3, -0.25) is 19.9 Å². The van der Waals surface area contributed by atoms with Crippen LogP contribution in [0, 0.1) is 5.82 Å². The average molecular weight is 301 g/mol. The molecule has 2 aromatic rings. The number of nitrogens with one attached hydrogen (secondary N) is 1. The van der Waals surface area contributed by atoms with Crippen LogP contribution in [0.15, 0.2) is 36.5 Å². The quantitative estimate of drug-likeness (QED) is 0.671. The number of aromatic nitrogens is 1. The molecule has 0 bridgehead atoms. The first-order valence-corrected chi connectivity index (χ1v) is 7.05. The molecule has 1 aliphatic rings. The Morgan fingerprint density at radius 2 is 2.14 bits per heavy atom. The molecule has 2 heterocycles. The molecule has 1 aromatic carbocycles. The molecule has 5 nitrogen and oxygen atoms in total. The van der Waals surface area contributed by atoms with Crippen LogP contribution in [-0.2, 0) is 19.5 Å². The van der Waals surface area contributed by atoms with Crippen molar-refractivity contribution in [3.8, 4) is 0 Å². The molecular weight excluding hydrogens is 285 g/mol. The Balaban J connectivity index is 1.73. The highest BCUT2D eigenvalue weighted by Crippen LogP contribution is 2.20. The summed E-state index contributed by atoms with van der Waals surface area (Å²) >= 11 is 0. The van der Waals surface area contributed by atoms with Gasteiger partial charge in [0.2, 0.25) is 0 Å². The molecule has 0 saturated heterocycles. The highest BCUT2D eigenvalue weighted by Gasteiger charge is 2.18. The minimum absolute atomic E-state index is 0.00672. The average Bonchev–Trinajstić information content (AvgIpc) is 2.56. The highest BCUT2D eigenvalue weighted by atomic mass is 19.1. The van der Waals surface area contributed by atoms with Gasteiger partial charge in [0.1, 0.15) is 5.82 Å². The number of rotatable bonds is 3. The predicted octanol–water partition coefficient (Wildman–Crippen LogP) is 1.90. The fourth-order valence-corrected chi connectivity index (χ4v) is 2.67. The number of pyridine rings is 1. The van der Waals surface area contributed by atoms with Crippen LogP contribution in [0.1, 0.15) is 27.2 Å². The zero-order valence-electron chi connectivity index (χ0n) is 11.9. The number of hydrogen-bond donors (Lipinski definition) is 2. The van der Waals surface area contributed by atoms with E-state index in [2.05, 4.69) is 22.0 Å². The van der Waals surface area contributed by atoms with Crippen LogP contribution in [0.25, 0.3) is 0 Å². The van der Waals surface area contributed by atoms with E-state index in [0.717, 1.165) is 25.6 Å². The number of carbonyl (C=O) groups excluding carboxylic acids is 1. The largest absolute Gasteiger partial charge is 0.293 e. The van der Waals surface area contributed by atoms with E-state index in [1.807, 2.05) is 12.1 Å². The van der Waals surface area contributed by atoms with Crippen LogP contribution in [0.2, 0.25) is 0 Å². The molecule has 22 heavy (non-hydrogen) atoms. The molecule has 0 spiro atoms. The van der Waals surface area contributed by atoms with Gasteiger partial charge in [0.25, 0.3) is 5.91 Å². The smallest absolute Gasteiger partial charge is 0.276 e. The first-order chi connectivity index (χ1) is 10.7. The van der Waals surface area contributed by atoms with Crippen LogP contribution >= 0.6 is 0 Å². The third-order valence-electron chi connectivity index (χ3n) is 3.86. The molecule has 0 atom stereocenters. The van der Waals surface area contributed by atoms with E-state index in [1.165, 1.54) is 22.8 Å². The van der Waals surface area contributed by atoms with Crippen LogP contribution in [0.4, 0.5) is 4.39 Å². The lowest BCUT2D eigenvalue weighted by Gasteiger charge is -2.28. The van der Waals surface area contributed by atoms with E-state index in [-0.39, 0.29) is 5.56 Å². The molecule has 0 radical (unpaired) electrons. The van der Waals surface area contributed by atoms with Gasteiger partial charge in [-0.2, -0.15) is 0 Å². The van der Waals surface area contributed by atoms with Gasteiger partial charge in [0.15, 0.2) is 0 Å². The van der Waals surface area contributed by atoms with Crippen LogP contribution in [0.5, 0.6) is 0 Å². The summed E-state index contributed by atoms with van der Waals surface area (Å²) in [5, 5.41) is 8.54. The molecule has 6 heteroatoms. The van der Waals surface area contributed by atoms with Crippen molar-refractivity contribution in [3.63, 3.8) is 0 Å². The van der Waals surface area contributed by atoms with Crippen molar-refractivity contribution in [2.45, 2.75) is 19.5 Å². The normalized spacial score (nSPS) is 14.5. The minimum Gasteiger partial charge on any atom is -0.293 e. The van der Waals surface area contributed by atoms with Crippen molar-refractivity contribution < 1.29 is 14.4 Å². The lowest BCUT2D eigenvalue weighted by Crippen LogP contribution is -2.30. The highest BCUT2D eigenvalue weighted by molar-refractivity contribution is 5.92. The maximum absolute atomic E-state index is 14.0. The second kappa shape index (κ2) is 6.21. The monoisotopic (exact) mass is 301 g/mol. The zero-order valence-corrected chi connectivity index (χ0v) is 11.9. The second-order valence-corrected chi connectivity index (χ2v) is 5.32. The number of fused-ring (bicyclic) bond motifs is 1. The molecule has 3 rings (SSSR count). The van der Waals surface area contributed by atoms with E-state index >= 15 is 0 Å². The fraction of sp³-hybridized carbons (Fsp3) is 0.250. The maximum atomic E-state index is 14.0. The van der Waals surface area contributed by atoms with Gasteiger partial charge in [-0.05, 0) is 23.6 Å². The first kappa shape index (κ1) is 14.6.